The van der Waals surface area contributed by atoms with Crippen molar-refractivity contribution in [3.05, 3.63) is 71.9 Å². The first kappa shape index (κ1) is 19.5. The van der Waals surface area contributed by atoms with Gasteiger partial charge in [-0.1, -0.05) is 36.4 Å². The van der Waals surface area contributed by atoms with Gasteiger partial charge in [-0.2, -0.15) is 4.98 Å². The van der Waals surface area contributed by atoms with E-state index in [1.165, 1.54) is 11.1 Å². The normalized spacial score (nSPS) is 10.4. The van der Waals surface area contributed by atoms with Gasteiger partial charge >= 0.3 is 0 Å². The van der Waals surface area contributed by atoms with Gasteiger partial charge in [-0.05, 0) is 42.2 Å². The third kappa shape index (κ3) is 5.61. The van der Waals surface area contributed by atoms with Gasteiger partial charge in [-0.15, -0.1) is 0 Å². The predicted octanol–water partition coefficient (Wildman–Crippen LogP) is 3.80. The molecule has 0 amide bonds. The Morgan fingerprint density at radius 3 is 2.32 bits per heavy atom. The number of ether oxygens (including phenoxy) is 2. The molecule has 0 aliphatic rings. The number of nitrogens with zero attached hydrogens (tertiary/aromatic N) is 2. The lowest BCUT2D eigenvalue weighted by atomic mass is 10.1. The van der Waals surface area contributed by atoms with Crippen molar-refractivity contribution in [3.8, 4) is 11.5 Å². The van der Waals surface area contributed by atoms with Crippen molar-refractivity contribution in [1.82, 2.24) is 9.97 Å². The largest absolute Gasteiger partial charge is 0.493 e. The van der Waals surface area contributed by atoms with E-state index in [1.807, 2.05) is 30.3 Å². The summed E-state index contributed by atoms with van der Waals surface area (Å²) in [4.78, 5) is 8.80. The average Bonchev–Trinajstić information content (AvgIpc) is 2.75. The number of hydrogen-bond acceptors (Lipinski definition) is 6. The van der Waals surface area contributed by atoms with Crippen LogP contribution < -0.4 is 20.1 Å². The molecular formula is C22H26N4O2. The zero-order chi connectivity index (χ0) is 19.6. The van der Waals surface area contributed by atoms with Crippen LogP contribution in [-0.4, -0.2) is 37.3 Å². The maximum absolute atomic E-state index is 5.35. The molecule has 28 heavy (non-hydrogen) atoms. The zero-order valence-corrected chi connectivity index (χ0v) is 16.3. The van der Waals surface area contributed by atoms with Gasteiger partial charge in [0.25, 0.3) is 0 Å². The summed E-state index contributed by atoms with van der Waals surface area (Å²) in [5.41, 5.74) is 2.46. The van der Waals surface area contributed by atoms with Crippen LogP contribution in [0.25, 0.3) is 0 Å². The van der Waals surface area contributed by atoms with Crippen molar-refractivity contribution >= 4 is 11.8 Å². The molecule has 0 fully saturated rings. The smallest absolute Gasteiger partial charge is 0.224 e. The summed E-state index contributed by atoms with van der Waals surface area (Å²) >= 11 is 0. The Kier molecular flexibility index (Phi) is 7.07. The second-order valence-corrected chi connectivity index (χ2v) is 6.29. The van der Waals surface area contributed by atoms with Crippen LogP contribution in [0.2, 0.25) is 0 Å². The lowest BCUT2D eigenvalue weighted by molar-refractivity contribution is 0.354. The molecule has 1 aromatic heterocycles. The van der Waals surface area contributed by atoms with E-state index >= 15 is 0 Å². The van der Waals surface area contributed by atoms with Gasteiger partial charge < -0.3 is 20.1 Å². The fourth-order valence-electron chi connectivity index (χ4n) is 2.88. The van der Waals surface area contributed by atoms with Gasteiger partial charge in [0, 0.05) is 19.3 Å². The summed E-state index contributed by atoms with van der Waals surface area (Å²) in [7, 11) is 3.28. The molecule has 0 aliphatic heterocycles. The first-order chi connectivity index (χ1) is 13.8. The molecule has 0 spiro atoms. The topological polar surface area (TPSA) is 68.3 Å². The summed E-state index contributed by atoms with van der Waals surface area (Å²) in [5, 5.41) is 6.62. The molecule has 2 aromatic carbocycles. The summed E-state index contributed by atoms with van der Waals surface area (Å²) in [6.07, 6.45) is 3.54. The van der Waals surface area contributed by atoms with Crippen LogP contribution >= 0.6 is 0 Å². The van der Waals surface area contributed by atoms with Crippen LogP contribution in [0.1, 0.15) is 11.1 Å². The highest BCUT2D eigenvalue weighted by Crippen LogP contribution is 2.27. The van der Waals surface area contributed by atoms with Gasteiger partial charge in [0.2, 0.25) is 5.95 Å². The molecule has 3 rings (SSSR count). The van der Waals surface area contributed by atoms with E-state index < -0.39 is 0 Å². The third-order valence-electron chi connectivity index (χ3n) is 4.36. The molecule has 0 saturated carbocycles. The fraction of sp³-hybridized carbons (Fsp3) is 0.273. The van der Waals surface area contributed by atoms with Crippen LogP contribution in [0.15, 0.2) is 60.8 Å². The summed E-state index contributed by atoms with van der Waals surface area (Å²) in [6.45, 7) is 1.55. The van der Waals surface area contributed by atoms with E-state index in [9.17, 15) is 0 Å². The van der Waals surface area contributed by atoms with E-state index in [-0.39, 0.29) is 0 Å². The van der Waals surface area contributed by atoms with Crippen molar-refractivity contribution in [1.29, 1.82) is 0 Å². The quantitative estimate of drug-likeness (QED) is 0.559. The van der Waals surface area contributed by atoms with E-state index in [1.54, 1.807) is 20.4 Å². The minimum Gasteiger partial charge on any atom is -0.493 e. The Morgan fingerprint density at radius 1 is 0.786 bits per heavy atom. The fourth-order valence-corrected chi connectivity index (χ4v) is 2.88. The SMILES string of the molecule is COc1ccc(CCNc2ccnc(NCCc3ccccc3)n2)cc1OC. The Morgan fingerprint density at radius 2 is 1.54 bits per heavy atom. The molecule has 6 nitrogen and oxygen atoms in total. The van der Waals surface area contributed by atoms with Crippen LogP contribution in [0.3, 0.4) is 0 Å². The Balaban J connectivity index is 1.48. The molecule has 2 N–H and O–H groups in total. The molecule has 0 saturated heterocycles. The number of nitrogens with one attached hydrogen (secondary N) is 2. The molecule has 0 bridgehead atoms. The van der Waals surface area contributed by atoms with Crippen molar-refractivity contribution < 1.29 is 9.47 Å². The van der Waals surface area contributed by atoms with Gasteiger partial charge in [0.05, 0.1) is 14.2 Å². The van der Waals surface area contributed by atoms with Crippen molar-refractivity contribution in [2.24, 2.45) is 0 Å². The minimum atomic E-state index is 0.632. The molecule has 0 atom stereocenters. The van der Waals surface area contributed by atoms with Crippen LogP contribution in [0.5, 0.6) is 11.5 Å². The first-order valence-electron chi connectivity index (χ1n) is 9.34. The number of hydrogen-bond donors (Lipinski definition) is 2. The minimum absolute atomic E-state index is 0.632. The number of benzene rings is 2. The van der Waals surface area contributed by atoms with E-state index in [0.717, 1.165) is 43.2 Å². The van der Waals surface area contributed by atoms with Gasteiger partial charge in [-0.3, -0.25) is 0 Å². The van der Waals surface area contributed by atoms with Crippen molar-refractivity contribution in [3.63, 3.8) is 0 Å². The Labute approximate surface area is 166 Å². The summed E-state index contributed by atoms with van der Waals surface area (Å²) in [6, 6.07) is 18.2. The molecule has 0 unspecified atom stereocenters. The highest BCUT2D eigenvalue weighted by Gasteiger charge is 2.05. The molecule has 6 heteroatoms. The maximum Gasteiger partial charge on any atom is 0.224 e. The number of rotatable bonds is 10. The van der Waals surface area contributed by atoms with Crippen LogP contribution in [0.4, 0.5) is 11.8 Å². The highest BCUT2D eigenvalue weighted by atomic mass is 16.5. The summed E-state index contributed by atoms with van der Waals surface area (Å²) in [5.74, 6) is 2.91. The van der Waals surface area contributed by atoms with Crippen LogP contribution in [-0.2, 0) is 12.8 Å². The molecule has 0 aliphatic carbocycles. The van der Waals surface area contributed by atoms with Crippen molar-refractivity contribution in [2.45, 2.75) is 12.8 Å². The van der Waals surface area contributed by atoms with E-state index in [4.69, 9.17) is 9.47 Å². The molecule has 1 heterocycles. The number of aromatic nitrogens is 2. The molecule has 146 valence electrons. The van der Waals surface area contributed by atoms with Gasteiger partial charge in [-0.25, -0.2) is 4.98 Å². The first-order valence-corrected chi connectivity index (χ1v) is 9.34. The standard InChI is InChI=1S/C22H26N4O2/c1-27-19-9-8-18(16-20(19)28-2)11-13-23-21-12-15-25-22(26-21)24-14-10-17-6-4-3-5-7-17/h3-9,12,15-16H,10-11,13-14H2,1-2H3,(H2,23,24,25,26). The Hall–Kier alpha value is -3.28. The third-order valence-corrected chi connectivity index (χ3v) is 4.36. The zero-order valence-electron chi connectivity index (χ0n) is 16.3. The lowest BCUT2D eigenvalue weighted by Gasteiger charge is -2.11. The molecular weight excluding hydrogens is 352 g/mol. The number of methoxy groups -OCH3 is 2. The van der Waals surface area contributed by atoms with Gasteiger partial charge in [0.15, 0.2) is 11.5 Å². The second-order valence-electron chi connectivity index (χ2n) is 6.29. The number of anilines is 2. The predicted molar refractivity (Wildman–Crippen MR) is 112 cm³/mol. The maximum atomic E-state index is 5.35. The molecule has 0 radical (unpaired) electrons. The van der Waals surface area contributed by atoms with Crippen molar-refractivity contribution in [2.75, 3.05) is 37.9 Å². The van der Waals surface area contributed by atoms with Crippen LogP contribution in [0, 0.1) is 0 Å². The average molecular weight is 378 g/mol. The second kappa shape index (κ2) is 10.2. The summed E-state index contributed by atoms with van der Waals surface area (Å²) < 4.78 is 10.6. The monoisotopic (exact) mass is 378 g/mol. The highest BCUT2D eigenvalue weighted by molar-refractivity contribution is 5.44. The van der Waals surface area contributed by atoms with E-state index in [2.05, 4.69) is 44.9 Å². The lowest BCUT2D eigenvalue weighted by Crippen LogP contribution is -2.11. The van der Waals surface area contributed by atoms with Gasteiger partial charge in [0.1, 0.15) is 5.82 Å². The Bertz CT molecular complexity index is 871. The molecule has 3 aromatic rings. The van der Waals surface area contributed by atoms with E-state index in [0.29, 0.717) is 5.95 Å².